The van der Waals surface area contributed by atoms with Crippen molar-refractivity contribution in [3.05, 3.63) is 79.2 Å². The first-order chi connectivity index (χ1) is 11.9. The zero-order valence-corrected chi connectivity index (χ0v) is 13.0. The van der Waals surface area contributed by atoms with Crippen LogP contribution in [-0.2, 0) is 0 Å². The maximum atomic E-state index is 4.60. The lowest BCUT2D eigenvalue weighted by atomic mass is 10.0. The van der Waals surface area contributed by atoms with Gasteiger partial charge < -0.3 is 4.90 Å². The molecule has 5 rings (SSSR count). The van der Waals surface area contributed by atoms with E-state index in [1.165, 1.54) is 0 Å². The van der Waals surface area contributed by atoms with Gasteiger partial charge >= 0.3 is 0 Å². The summed E-state index contributed by atoms with van der Waals surface area (Å²) in [7, 11) is 0. The van der Waals surface area contributed by atoms with Crippen LogP contribution in [-0.4, -0.2) is 28.0 Å². The van der Waals surface area contributed by atoms with Crippen LogP contribution in [0.15, 0.2) is 84.2 Å². The molecule has 0 amide bonds. The van der Waals surface area contributed by atoms with Gasteiger partial charge in [-0.25, -0.2) is 4.98 Å². The highest BCUT2D eigenvalue weighted by atomic mass is 15.3. The fourth-order valence-electron chi connectivity index (χ4n) is 3.41. The Balaban J connectivity index is 1.56. The normalized spacial score (nSPS) is 21.6. The Morgan fingerprint density at radius 3 is 2.75 bits per heavy atom. The standard InChI is InChI=1S/C20H16N4/c1-3-10-19-17(8-1)21-13-23(19)15-6-5-7-16(12-15)24-14-22-18-9-2-4-11-20(18)24/h1-14,17,19H. The van der Waals surface area contributed by atoms with Gasteiger partial charge in [-0.1, -0.05) is 42.5 Å². The van der Waals surface area contributed by atoms with Gasteiger partial charge in [-0.05, 0) is 30.3 Å². The number of allylic oxidation sites excluding steroid dienone is 2. The van der Waals surface area contributed by atoms with Crippen molar-refractivity contribution in [2.24, 2.45) is 4.99 Å². The van der Waals surface area contributed by atoms with Crippen LogP contribution in [0, 0.1) is 0 Å². The molecule has 2 unspecified atom stereocenters. The van der Waals surface area contributed by atoms with Crippen LogP contribution >= 0.6 is 0 Å². The molecular formula is C20H16N4. The minimum atomic E-state index is 0.215. The molecule has 0 saturated carbocycles. The van der Waals surface area contributed by atoms with E-state index in [9.17, 15) is 0 Å². The molecule has 24 heavy (non-hydrogen) atoms. The van der Waals surface area contributed by atoms with Gasteiger partial charge in [0.1, 0.15) is 6.33 Å². The lowest BCUT2D eigenvalue weighted by Gasteiger charge is -2.26. The fourth-order valence-corrected chi connectivity index (χ4v) is 3.41. The summed E-state index contributed by atoms with van der Waals surface area (Å²) in [4.78, 5) is 11.3. The van der Waals surface area contributed by atoms with Crippen molar-refractivity contribution >= 4 is 23.1 Å². The second kappa shape index (κ2) is 5.20. The molecule has 4 heteroatoms. The zero-order chi connectivity index (χ0) is 15.9. The third kappa shape index (κ3) is 2.00. The smallest absolute Gasteiger partial charge is 0.100 e. The van der Waals surface area contributed by atoms with E-state index in [0.717, 1.165) is 22.4 Å². The Morgan fingerprint density at radius 2 is 1.75 bits per heavy atom. The van der Waals surface area contributed by atoms with Crippen molar-refractivity contribution in [3.8, 4) is 5.69 Å². The van der Waals surface area contributed by atoms with Crippen molar-refractivity contribution in [2.45, 2.75) is 12.1 Å². The van der Waals surface area contributed by atoms with E-state index in [-0.39, 0.29) is 12.1 Å². The number of fused-ring (bicyclic) bond motifs is 2. The van der Waals surface area contributed by atoms with Gasteiger partial charge in [-0.3, -0.25) is 9.56 Å². The molecule has 1 aliphatic heterocycles. The van der Waals surface area contributed by atoms with E-state index in [4.69, 9.17) is 0 Å². The molecule has 2 aliphatic rings. The van der Waals surface area contributed by atoms with Gasteiger partial charge in [0.05, 0.1) is 29.5 Å². The van der Waals surface area contributed by atoms with Crippen LogP contribution in [0.25, 0.3) is 16.7 Å². The first-order valence-corrected chi connectivity index (χ1v) is 8.09. The number of anilines is 1. The number of benzene rings is 2. The van der Waals surface area contributed by atoms with Crippen LogP contribution in [0.4, 0.5) is 5.69 Å². The summed E-state index contributed by atoms with van der Waals surface area (Å²) in [5, 5.41) is 0. The topological polar surface area (TPSA) is 33.4 Å². The van der Waals surface area contributed by atoms with Crippen LogP contribution in [0.3, 0.4) is 0 Å². The van der Waals surface area contributed by atoms with Crippen molar-refractivity contribution < 1.29 is 0 Å². The molecule has 2 heterocycles. The van der Waals surface area contributed by atoms with Gasteiger partial charge in [0.25, 0.3) is 0 Å². The molecule has 3 aromatic rings. The zero-order valence-electron chi connectivity index (χ0n) is 13.0. The van der Waals surface area contributed by atoms with Gasteiger partial charge in [-0.15, -0.1) is 0 Å². The minimum Gasteiger partial charge on any atom is -0.323 e. The maximum Gasteiger partial charge on any atom is 0.100 e. The Kier molecular flexibility index (Phi) is 2.88. The predicted molar refractivity (Wildman–Crippen MR) is 97.9 cm³/mol. The van der Waals surface area contributed by atoms with Gasteiger partial charge in [0, 0.05) is 11.4 Å². The van der Waals surface area contributed by atoms with Gasteiger partial charge in [0.2, 0.25) is 0 Å². The second-order valence-corrected chi connectivity index (χ2v) is 6.05. The van der Waals surface area contributed by atoms with Gasteiger partial charge in [0.15, 0.2) is 0 Å². The number of imidazole rings is 1. The lowest BCUT2D eigenvalue weighted by molar-refractivity contribution is 0.739. The summed E-state index contributed by atoms with van der Waals surface area (Å²) in [6.07, 6.45) is 12.3. The van der Waals surface area contributed by atoms with E-state index in [0.29, 0.717) is 0 Å². The summed E-state index contributed by atoms with van der Waals surface area (Å²) in [6.45, 7) is 0. The van der Waals surface area contributed by atoms with E-state index < -0.39 is 0 Å². The summed E-state index contributed by atoms with van der Waals surface area (Å²) in [6, 6.07) is 17.2. The molecule has 0 spiro atoms. The predicted octanol–water partition coefficient (Wildman–Crippen LogP) is 3.74. The van der Waals surface area contributed by atoms with Crippen molar-refractivity contribution in [2.75, 3.05) is 4.90 Å². The molecule has 4 nitrogen and oxygen atoms in total. The maximum absolute atomic E-state index is 4.60. The van der Waals surface area contributed by atoms with Crippen LogP contribution in [0.1, 0.15) is 0 Å². The number of hydrogen-bond donors (Lipinski definition) is 0. The number of aliphatic imine (C=N–C) groups is 1. The number of hydrogen-bond acceptors (Lipinski definition) is 3. The first-order valence-electron chi connectivity index (χ1n) is 8.09. The third-order valence-corrected chi connectivity index (χ3v) is 4.62. The van der Waals surface area contributed by atoms with Crippen LogP contribution < -0.4 is 4.90 Å². The Morgan fingerprint density at radius 1 is 0.875 bits per heavy atom. The Bertz CT molecular complexity index is 996. The SMILES string of the molecule is C1=CC2N=CN(c3cccc(-n4cnc5ccccc54)c3)C2C=C1. The molecule has 116 valence electrons. The molecule has 0 saturated heterocycles. The molecule has 0 bridgehead atoms. The Labute approximate surface area is 140 Å². The molecule has 0 N–H and O–H groups in total. The van der Waals surface area contributed by atoms with Crippen LogP contribution in [0.2, 0.25) is 0 Å². The van der Waals surface area contributed by atoms with E-state index in [2.05, 4.69) is 74.1 Å². The third-order valence-electron chi connectivity index (χ3n) is 4.62. The monoisotopic (exact) mass is 312 g/mol. The first kappa shape index (κ1) is 13.3. The van der Waals surface area contributed by atoms with Crippen molar-refractivity contribution in [1.29, 1.82) is 0 Å². The lowest BCUT2D eigenvalue weighted by Crippen LogP contribution is -2.34. The Hall–Kier alpha value is -3.14. The molecule has 1 aromatic heterocycles. The largest absolute Gasteiger partial charge is 0.323 e. The van der Waals surface area contributed by atoms with E-state index in [1.54, 1.807) is 0 Å². The average Bonchev–Trinajstić information content (AvgIpc) is 3.26. The summed E-state index contributed by atoms with van der Waals surface area (Å²) in [5.41, 5.74) is 4.36. The number of aromatic nitrogens is 2. The van der Waals surface area contributed by atoms with Crippen LogP contribution in [0.5, 0.6) is 0 Å². The summed E-state index contributed by atoms with van der Waals surface area (Å²) >= 11 is 0. The van der Waals surface area contributed by atoms with Crippen molar-refractivity contribution in [3.63, 3.8) is 0 Å². The van der Waals surface area contributed by atoms with Gasteiger partial charge in [-0.2, -0.15) is 0 Å². The molecule has 0 fully saturated rings. The highest BCUT2D eigenvalue weighted by molar-refractivity contribution is 5.85. The average molecular weight is 312 g/mol. The van der Waals surface area contributed by atoms with Crippen molar-refractivity contribution in [1.82, 2.24) is 9.55 Å². The van der Waals surface area contributed by atoms with E-state index in [1.807, 2.05) is 30.9 Å². The molecule has 1 aliphatic carbocycles. The van der Waals surface area contributed by atoms with E-state index >= 15 is 0 Å². The molecule has 2 aromatic carbocycles. The molecule has 0 radical (unpaired) electrons. The quantitative estimate of drug-likeness (QED) is 0.722. The highest BCUT2D eigenvalue weighted by Gasteiger charge is 2.28. The number of rotatable bonds is 2. The summed E-state index contributed by atoms with van der Waals surface area (Å²) in [5.74, 6) is 0. The molecular weight excluding hydrogens is 296 g/mol. The second-order valence-electron chi connectivity index (χ2n) is 6.05. The summed E-state index contributed by atoms with van der Waals surface area (Å²) < 4.78 is 2.13. The fraction of sp³-hybridized carbons (Fsp3) is 0.100. The molecule has 2 atom stereocenters. The minimum absolute atomic E-state index is 0.215. The highest BCUT2D eigenvalue weighted by Crippen LogP contribution is 2.28. The number of para-hydroxylation sites is 2. The number of nitrogens with zero attached hydrogens (tertiary/aromatic N) is 4.